The summed E-state index contributed by atoms with van der Waals surface area (Å²) in [7, 11) is 0. The van der Waals surface area contributed by atoms with Crippen LogP contribution in [0.2, 0.25) is 0 Å². The highest BCUT2D eigenvalue weighted by Gasteiger charge is 2.15. The van der Waals surface area contributed by atoms with Crippen LogP contribution < -0.4 is 14.8 Å². The van der Waals surface area contributed by atoms with Gasteiger partial charge in [-0.15, -0.1) is 0 Å². The summed E-state index contributed by atoms with van der Waals surface area (Å²) in [5.41, 5.74) is 4.52. The van der Waals surface area contributed by atoms with Gasteiger partial charge in [-0.25, -0.2) is 0 Å². The molecule has 0 aliphatic heterocycles. The number of rotatable bonds is 7. The minimum Gasteiger partial charge on any atom is -0.491 e. The van der Waals surface area contributed by atoms with E-state index < -0.39 is 6.10 Å². The van der Waals surface area contributed by atoms with Crippen LogP contribution >= 0.6 is 0 Å². The first-order chi connectivity index (χ1) is 11.9. The average molecular weight is 341 g/mol. The number of carbonyl (C=O) groups is 1. The normalized spacial score (nSPS) is 11.7. The van der Waals surface area contributed by atoms with Crippen molar-refractivity contribution in [2.75, 3.05) is 13.2 Å². The summed E-state index contributed by atoms with van der Waals surface area (Å²) < 4.78 is 11.5. The number of ether oxygens (including phenoxy) is 2. The Labute approximate surface area is 150 Å². The van der Waals surface area contributed by atoms with E-state index in [-0.39, 0.29) is 5.91 Å². The van der Waals surface area contributed by atoms with Crippen LogP contribution in [0.25, 0.3) is 0 Å². The SMILES string of the molecule is Cc1cccc(OCCNC(=O)C(C)Oc2cccc(C)c2C)c1C. The van der Waals surface area contributed by atoms with Gasteiger partial charge in [-0.2, -0.15) is 0 Å². The van der Waals surface area contributed by atoms with Crippen molar-refractivity contribution >= 4 is 5.91 Å². The molecule has 2 rings (SSSR count). The van der Waals surface area contributed by atoms with Crippen LogP contribution in [-0.2, 0) is 4.79 Å². The molecule has 0 heterocycles. The molecule has 0 radical (unpaired) electrons. The van der Waals surface area contributed by atoms with E-state index in [1.807, 2.05) is 51.1 Å². The second-order valence-electron chi connectivity index (χ2n) is 6.30. The Morgan fingerprint density at radius 1 is 0.960 bits per heavy atom. The molecule has 1 atom stereocenters. The van der Waals surface area contributed by atoms with Gasteiger partial charge in [-0.3, -0.25) is 4.79 Å². The number of aryl methyl sites for hydroxylation is 2. The molecule has 4 heteroatoms. The Kier molecular flexibility index (Phi) is 6.45. The first-order valence-corrected chi connectivity index (χ1v) is 8.59. The van der Waals surface area contributed by atoms with Crippen LogP contribution in [0.3, 0.4) is 0 Å². The van der Waals surface area contributed by atoms with Crippen LogP contribution in [0.1, 0.15) is 29.2 Å². The molecule has 0 saturated carbocycles. The Balaban J connectivity index is 1.80. The molecule has 0 aromatic heterocycles. The van der Waals surface area contributed by atoms with Gasteiger partial charge in [0, 0.05) is 0 Å². The minimum atomic E-state index is -0.554. The van der Waals surface area contributed by atoms with Crippen molar-refractivity contribution in [3.05, 3.63) is 58.7 Å². The lowest BCUT2D eigenvalue weighted by molar-refractivity contribution is -0.127. The summed E-state index contributed by atoms with van der Waals surface area (Å²) >= 11 is 0. The van der Waals surface area contributed by atoms with E-state index in [0.717, 1.165) is 28.2 Å². The Hall–Kier alpha value is -2.49. The summed E-state index contributed by atoms with van der Waals surface area (Å²) in [6.45, 7) is 10.7. The Bertz CT molecular complexity index is 740. The van der Waals surface area contributed by atoms with Crippen molar-refractivity contribution in [1.82, 2.24) is 5.32 Å². The number of carbonyl (C=O) groups excluding carboxylic acids is 1. The summed E-state index contributed by atoms with van der Waals surface area (Å²) in [5, 5.41) is 2.85. The third kappa shape index (κ3) is 4.99. The third-order valence-corrected chi connectivity index (χ3v) is 4.44. The van der Waals surface area contributed by atoms with Gasteiger partial charge in [-0.1, -0.05) is 24.3 Å². The lowest BCUT2D eigenvalue weighted by atomic mass is 10.1. The molecule has 0 fully saturated rings. The molecule has 1 amide bonds. The van der Waals surface area contributed by atoms with Crippen molar-refractivity contribution in [2.45, 2.75) is 40.7 Å². The maximum absolute atomic E-state index is 12.2. The van der Waals surface area contributed by atoms with Crippen LogP contribution in [0.15, 0.2) is 36.4 Å². The van der Waals surface area contributed by atoms with Gasteiger partial charge in [-0.05, 0) is 69.0 Å². The summed E-state index contributed by atoms with van der Waals surface area (Å²) in [4.78, 5) is 12.2. The van der Waals surface area contributed by atoms with E-state index in [0.29, 0.717) is 13.2 Å². The van der Waals surface area contributed by atoms with Crippen LogP contribution in [-0.4, -0.2) is 25.2 Å². The lowest BCUT2D eigenvalue weighted by Gasteiger charge is -2.17. The molecule has 0 bridgehead atoms. The van der Waals surface area contributed by atoms with E-state index in [2.05, 4.69) is 18.3 Å². The molecular formula is C21H27NO3. The molecule has 2 aromatic rings. The molecule has 0 aliphatic rings. The Morgan fingerprint density at radius 2 is 1.52 bits per heavy atom. The number of nitrogens with one attached hydrogen (secondary N) is 1. The quantitative estimate of drug-likeness (QED) is 0.778. The molecule has 2 aromatic carbocycles. The van der Waals surface area contributed by atoms with Crippen LogP contribution in [0, 0.1) is 27.7 Å². The van der Waals surface area contributed by atoms with Gasteiger partial charge < -0.3 is 14.8 Å². The fourth-order valence-corrected chi connectivity index (χ4v) is 2.46. The topological polar surface area (TPSA) is 47.6 Å². The molecule has 134 valence electrons. The van der Waals surface area contributed by atoms with Gasteiger partial charge in [0.05, 0.1) is 6.54 Å². The number of benzene rings is 2. The summed E-state index contributed by atoms with van der Waals surface area (Å²) in [5.74, 6) is 1.45. The van der Waals surface area contributed by atoms with E-state index in [4.69, 9.17) is 9.47 Å². The second-order valence-corrected chi connectivity index (χ2v) is 6.30. The maximum Gasteiger partial charge on any atom is 0.260 e. The van der Waals surface area contributed by atoms with Crippen molar-refractivity contribution in [3.8, 4) is 11.5 Å². The fraction of sp³-hybridized carbons (Fsp3) is 0.381. The second kappa shape index (κ2) is 8.56. The van der Waals surface area contributed by atoms with E-state index in [1.54, 1.807) is 6.92 Å². The van der Waals surface area contributed by atoms with Crippen LogP contribution in [0.5, 0.6) is 11.5 Å². The van der Waals surface area contributed by atoms with E-state index in [9.17, 15) is 4.79 Å². The van der Waals surface area contributed by atoms with E-state index in [1.165, 1.54) is 5.56 Å². The van der Waals surface area contributed by atoms with Gasteiger partial charge in [0.25, 0.3) is 5.91 Å². The van der Waals surface area contributed by atoms with Crippen molar-refractivity contribution in [2.24, 2.45) is 0 Å². The zero-order chi connectivity index (χ0) is 18.4. The molecule has 25 heavy (non-hydrogen) atoms. The van der Waals surface area contributed by atoms with Gasteiger partial charge in [0.1, 0.15) is 18.1 Å². The molecule has 1 N–H and O–H groups in total. The first-order valence-electron chi connectivity index (χ1n) is 8.59. The molecule has 0 spiro atoms. The zero-order valence-corrected chi connectivity index (χ0v) is 15.7. The maximum atomic E-state index is 12.2. The summed E-state index contributed by atoms with van der Waals surface area (Å²) in [6.07, 6.45) is -0.554. The van der Waals surface area contributed by atoms with Gasteiger partial charge in [0.2, 0.25) is 0 Å². The van der Waals surface area contributed by atoms with Crippen molar-refractivity contribution in [3.63, 3.8) is 0 Å². The number of hydrogen-bond donors (Lipinski definition) is 1. The number of hydrogen-bond acceptors (Lipinski definition) is 3. The van der Waals surface area contributed by atoms with Crippen LogP contribution in [0.4, 0.5) is 0 Å². The molecular weight excluding hydrogens is 314 g/mol. The lowest BCUT2D eigenvalue weighted by Crippen LogP contribution is -2.38. The standard InChI is InChI=1S/C21H27NO3/c1-14-8-6-10-19(16(14)3)24-13-12-22-21(23)18(5)25-20-11-7-9-15(2)17(20)4/h6-11,18H,12-13H2,1-5H3,(H,22,23). The van der Waals surface area contributed by atoms with E-state index >= 15 is 0 Å². The molecule has 1 unspecified atom stereocenters. The monoisotopic (exact) mass is 341 g/mol. The molecule has 4 nitrogen and oxygen atoms in total. The third-order valence-electron chi connectivity index (χ3n) is 4.44. The summed E-state index contributed by atoms with van der Waals surface area (Å²) in [6, 6.07) is 11.8. The van der Waals surface area contributed by atoms with Gasteiger partial charge in [0.15, 0.2) is 6.10 Å². The van der Waals surface area contributed by atoms with Gasteiger partial charge >= 0.3 is 0 Å². The highest BCUT2D eigenvalue weighted by Crippen LogP contribution is 2.22. The molecule has 0 aliphatic carbocycles. The zero-order valence-electron chi connectivity index (χ0n) is 15.7. The highest BCUT2D eigenvalue weighted by atomic mass is 16.5. The predicted molar refractivity (Wildman–Crippen MR) is 100 cm³/mol. The highest BCUT2D eigenvalue weighted by molar-refractivity contribution is 5.80. The Morgan fingerprint density at radius 3 is 2.16 bits per heavy atom. The fourth-order valence-electron chi connectivity index (χ4n) is 2.46. The minimum absolute atomic E-state index is 0.148. The number of amides is 1. The average Bonchev–Trinajstić information content (AvgIpc) is 2.59. The molecule has 0 saturated heterocycles. The largest absolute Gasteiger partial charge is 0.491 e. The predicted octanol–water partition coefficient (Wildman–Crippen LogP) is 3.88. The van der Waals surface area contributed by atoms with Crippen molar-refractivity contribution < 1.29 is 14.3 Å². The smallest absolute Gasteiger partial charge is 0.260 e. The van der Waals surface area contributed by atoms with Crippen molar-refractivity contribution in [1.29, 1.82) is 0 Å². The first kappa shape index (κ1) is 18.8.